The average molecular weight is 430 g/mol. The Balaban J connectivity index is 0. The van der Waals surface area contributed by atoms with Crippen LogP contribution in [0.2, 0.25) is 0 Å². The van der Waals surface area contributed by atoms with Crippen molar-refractivity contribution in [2.24, 2.45) is 11.5 Å². The largest absolute Gasteiger partial charge is 0.379 e. The third-order valence-corrected chi connectivity index (χ3v) is 3.56. The molecule has 4 nitrogen and oxygen atoms in total. The molecule has 1 rings (SSSR count). The number of nitrogens with two attached hydrogens (primary N) is 2. The van der Waals surface area contributed by atoms with Gasteiger partial charge in [0.25, 0.3) is 0 Å². The molecule has 0 amide bonds. The van der Waals surface area contributed by atoms with Crippen molar-refractivity contribution in [2.45, 2.75) is 18.4 Å². The van der Waals surface area contributed by atoms with E-state index in [1.807, 2.05) is 6.92 Å². The summed E-state index contributed by atoms with van der Waals surface area (Å²) >= 11 is 2.63. The number of rotatable bonds is 4. The quantitative estimate of drug-likeness (QED) is 0.435. The summed E-state index contributed by atoms with van der Waals surface area (Å²) < 4.78 is 0. The van der Waals surface area contributed by atoms with Gasteiger partial charge in [0, 0.05) is 11.5 Å². The minimum atomic E-state index is 0. The van der Waals surface area contributed by atoms with Crippen LogP contribution in [0.1, 0.15) is 16.7 Å². The van der Waals surface area contributed by atoms with Crippen LogP contribution in [-0.4, -0.2) is 10.3 Å². The van der Waals surface area contributed by atoms with Gasteiger partial charge in [-0.1, -0.05) is 47.3 Å². The molecule has 0 aliphatic heterocycles. The van der Waals surface area contributed by atoms with Crippen LogP contribution in [0.4, 0.5) is 0 Å². The fourth-order valence-electron chi connectivity index (χ4n) is 1.44. The summed E-state index contributed by atoms with van der Waals surface area (Å²) in [6.07, 6.45) is 0. The first-order valence-electron chi connectivity index (χ1n) is 5.00. The van der Waals surface area contributed by atoms with Crippen LogP contribution in [0, 0.1) is 17.7 Å². The predicted molar refractivity (Wildman–Crippen MR) is 98.2 cm³/mol. The summed E-state index contributed by atoms with van der Waals surface area (Å²) in [6, 6.07) is 6.23. The lowest BCUT2D eigenvalue weighted by atomic mass is 10.1. The van der Waals surface area contributed by atoms with E-state index in [9.17, 15) is 0 Å². The van der Waals surface area contributed by atoms with E-state index in [0.717, 1.165) is 11.1 Å². The van der Waals surface area contributed by atoms with Crippen LogP contribution in [0.3, 0.4) is 0 Å². The normalized spacial score (nSPS) is 9.11. The molecule has 0 fully saturated rings. The maximum Gasteiger partial charge on any atom is 0.151 e. The number of benzene rings is 1. The topological polar surface area (TPSA) is 99.7 Å². The van der Waals surface area contributed by atoms with Crippen LogP contribution >= 0.6 is 57.5 Å². The zero-order chi connectivity index (χ0) is 12.8. The van der Waals surface area contributed by atoms with Crippen molar-refractivity contribution in [3.05, 3.63) is 34.9 Å². The maximum absolute atomic E-state index is 7.18. The molecule has 0 radical (unpaired) electrons. The van der Waals surface area contributed by atoms with Crippen molar-refractivity contribution in [3.63, 3.8) is 0 Å². The van der Waals surface area contributed by atoms with Gasteiger partial charge in [0.05, 0.1) is 0 Å². The van der Waals surface area contributed by atoms with Gasteiger partial charge < -0.3 is 11.5 Å². The highest BCUT2D eigenvalue weighted by Crippen LogP contribution is 2.19. The summed E-state index contributed by atoms with van der Waals surface area (Å²) in [6.45, 7) is 2.03. The van der Waals surface area contributed by atoms with Crippen LogP contribution < -0.4 is 11.5 Å². The molecule has 19 heavy (non-hydrogen) atoms. The molecule has 0 heterocycles. The van der Waals surface area contributed by atoms with E-state index in [4.69, 9.17) is 22.3 Å². The molecule has 0 spiro atoms. The molecule has 8 heteroatoms. The van der Waals surface area contributed by atoms with E-state index in [1.165, 1.54) is 29.1 Å². The number of halogens is 2. The van der Waals surface area contributed by atoms with Gasteiger partial charge in [-0.2, -0.15) is 0 Å². The monoisotopic (exact) mass is 428 g/mol. The SMILES string of the molecule is Br.Br.Cc1cc(CSC(=N)N)cc(CSC(=N)N)c1. The Morgan fingerprint density at radius 1 is 0.947 bits per heavy atom. The Hall–Kier alpha value is -0.180. The summed E-state index contributed by atoms with van der Waals surface area (Å²) in [4.78, 5) is 0. The number of thioether (sulfide) groups is 2. The highest BCUT2D eigenvalue weighted by molar-refractivity contribution is 8.93. The molecule has 1 aromatic carbocycles. The number of hydrogen-bond acceptors (Lipinski definition) is 4. The van der Waals surface area contributed by atoms with E-state index in [2.05, 4.69) is 18.2 Å². The lowest BCUT2D eigenvalue weighted by Gasteiger charge is -2.06. The second-order valence-corrected chi connectivity index (χ2v) is 5.67. The molecular formula is C11H18Br2N4S2. The Morgan fingerprint density at radius 2 is 1.32 bits per heavy atom. The van der Waals surface area contributed by atoms with Crippen molar-refractivity contribution in [3.8, 4) is 0 Å². The molecule has 0 aliphatic carbocycles. The van der Waals surface area contributed by atoms with E-state index in [0.29, 0.717) is 11.5 Å². The number of amidine groups is 2. The third kappa shape index (κ3) is 9.37. The first-order chi connectivity index (χ1) is 7.97. The van der Waals surface area contributed by atoms with Crippen LogP contribution in [0.5, 0.6) is 0 Å². The van der Waals surface area contributed by atoms with Gasteiger partial charge in [-0.15, -0.1) is 34.0 Å². The first-order valence-corrected chi connectivity index (χ1v) is 6.97. The second kappa shape index (κ2) is 10.6. The second-order valence-electron chi connectivity index (χ2n) is 3.63. The predicted octanol–water partition coefficient (Wildman–Crippen LogP) is 3.40. The zero-order valence-corrected chi connectivity index (χ0v) is 15.5. The van der Waals surface area contributed by atoms with Crippen LogP contribution in [0.25, 0.3) is 0 Å². The number of nitrogens with one attached hydrogen (secondary N) is 2. The summed E-state index contributed by atoms with van der Waals surface area (Å²) in [7, 11) is 0. The Morgan fingerprint density at radius 3 is 1.63 bits per heavy atom. The average Bonchev–Trinajstić information content (AvgIpc) is 2.23. The van der Waals surface area contributed by atoms with Crippen molar-refractivity contribution < 1.29 is 0 Å². The van der Waals surface area contributed by atoms with Gasteiger partial charge in [-0.05, 0) is 18.1 Å². The molecule has 0 unspecified atom stereocenters. The van der Waals surface area contributed by atoms with E-state index in [-0.39, 0.29) is 44.3 Å². The smallest absolute Gasteiger partial charge is 0.151 e. The summed E-state index contributed by atoms with van der Waals surface area (Å²) in [5.41, 5.74) is 14.1. The molecule has 0 aromatic heterocycles. The minimum Gasteiger partial charge on any atom is -0.379 e. The first kappa shape index (κ1) is 21.1. The fraction of sp³-hybridized carbons (Fsp3) is 0.273. The van der Waals surface area contributed by atoms with Gasteiger partial charge in [0.1, 0.15) is 0 Å². The van der Waals surface area contributed by atoms with E-state index in [1.54, 1.807) is 0 Å². The molecule has 0 bridgehead atoms. The molecule has 6 N–H and O–H groups in total. The Bertz CT molecular complexity index is 404. The van der Waals surface area contributed by atoms with Gasteiger partial charge in [-0.3, -0.25) is 10.8 Å². The highest BCUT2D eigenvalue weighted by Gasteiger charge is 2.02. The Labute approximate surface area is 143 Å². The summed E-state index contributed by atoms with van der Waals surface area (Å²) in [5, 5.41) is 14.6. The van der Waals surface area contributed by atoms with Gasteiger partial charge in [0.2, 0.25) is 0 Å². The van der Waals surface area contributed by atoms with Crippen LogP contribution in [-0.2, 0) is 11.5 Å². The van der Waals surface area contributed by atoms with Gasteiger partial charge >= 0.3 is 0 Å². The third-order valence-electron chi connectivity index (χ3n) is 1.99. The Kier molecular flexibility index (Phi) is 11.8. The molecule has 108 valence electrons. The van der Waals surface area contributed by atoms with Crippen molar-refractivity contribution >= 4 is 67.8 Å². The van der Waals surface area contributed by atoms with E-state index < -0.39 is 0 Å². The van der Waals surface area contributed by atoms with Crippen molar-refractivity contribution in [1.29, 1.82) is 10.8 Å². The standard InChI is InChI=1S/C11H16N4S2.2BrH/c1-7-2-8(5-16-10(12)13)4-9(3-7)6-17-11(14)15;;/h2-4H,5-6H2,1H3,(H3,12,13)(H3,14,15);2*1H. The van der Waals surface area contributed by atoms with Crippen LogP contribution in [0.15, 0.2) is 18.2 Å². The zero-order valence-electron chi connectivity index (χ0n) is 10.4. The highest BCUT2D eigenvalue weighted by atomic mass is 79.9. The molecule has 0 saturated carbocycles. The summed E-state index contributed by atoms with van der Waals surface area (Å²) in [5.74, 6) is 1.41. The number of aryl methyl sites for hydroxylation is 1. The molecule has 1 aromatic rings. The van der Waals surface area contributed by atoms with E-state index >= 15 is 0 Å². The molecule has 0 saturated heterocycles. The number of hydrogen-bond donors (Lipinski definition) is 4. The maximum atomic E-state index is 7.18. The molecule has 0 atom stereocenters. The minimum absolute atomic E-state index is 0. The van der Waals surface area contributed by atoms with Gasteiger partial charge in [-0.25, -0.2) is 0 Å². The van der Waals surface area contributed by atoms with Crippen molar-refractivity contribution in [1.82, 2.24) is 0 Å². The lowest BCUT2D eigenvalue weighted by molar-refractivity contribution is 1.29. The fourth-order valence-corrected chi connectivity index (χ4v) is 2.41. The molecule has 0 aliphatic rings. The van der Waals surface area contributed by atoms with Crippen molar-refractivity contribution in [2.75, 3.05) is 0 Å². The molecular weight excluding hydrogens is 412 g/mol. The van der Waals surface area contributed by atoms with Gasteiger partial charge in [0.15, 0.2) is 10.3 Å². The lowest BCUT2D eigenvalue weighted by Crippen LogP contribution is -2.05.